The normalized spacial score (nSPS) is 25.4. The molecule has 2 fully saturated rings. The molecule has 5 nitrogen and oxygen atoms in total. The van der Waals surface area contributed by atoms with E-state index in [1.807, 2.05) is 12.1 Å². The average molecular weight is 262 g/mol. The molecule has 19 heavy (non-hydrogen) atoms. The van der Waals surface area contributed by atoms with Crippen LogP contribution in [0.2, 0.25) is 0 Å². The number of anilines is 2. The summed E-state index contributed by atoms with van der Waals surface area (Å²) >= 11 is 0. The summed E-state index contributed by atoms with van der Waals surface area (Å²) in [5.74, 6) is -0.346. The van der Waals surface area contributed by atoms with Gasteiger partial charge in [0.15, 0.2) is 0 Å². The molecule has 2 heterocycles. The molecule has 1 aromatic carbocycles. The Balaban J connectivity index is 1.93. The topological polar surface area (TPSA) is 64.8 Å². The van der Waals surface area contributed by atoms with Gasteiger partial charge in [-0.25, -0.2) is 4.79 Å². The second-order valence-corrected chi connectivity index (χ2v) is 5.13. The van der Waals surface area contributed by atoms with Crippen molar-refractivity contribution in [2.75, 3.05) is 30.8 Å². The summed E-state index contributed by atoms with van der Waals surface area (Å²) in [6, 6.07) is 5.39. The number of nitrogens with zero attached hydrogens (tertiary/aromatic N) is 1. The fraction of sp³-hybridized carbons (Fsp3) is 0.500. The van der Waals surface area contributed by atoms with E-state index < -0.39 is 0 Å². The molecule has 2 aliphatic rings. The molecule has 0 spiro atoms. The molecule has 2 saturated heterocycles. The molecule has 2 N–H and O–H groups in total. The van der Waals surface area contributed by atoms with Crippen molar-refractivity contribution in [3.63, 3.8) is 0 Å². The molecule has 0 radical (unpaired) electrons. The highest BCUT2D eigenvalue weighted by Gasteiger charge is 2.35. The van der Waals surface area contributed by atoms with Gasteiger partial charge in [-0.15, -0.1) is 0 Å². The van der Waals surface area contributed by atoms with E-state index in [0.717, 1.165) is 31.6 Å². The number of nitrogens with two attached hydrogens (primary N) is 1. The Morgan fingerprint density at radius 2 is 2.05 bits per heavy atom. The Bertz CT molecular complexity index is 491. The van der Waals surface area contributed by atoms with E-state index in [1.165, 1.54) is 7.11 Å². The number of hydrogen-bond acceptors (Lipinski definition) is 5. The lowest BCUT2D eigenvalue weighted by Gasteiger charge is -2.34. The van der Waals surface area contributed by atoms with Crippen LogP contribution in [0.1, 0.15) is 23.2 Å². The largest absolute Gasteiger partial charge is 0.465 e. The van der Waals surface area contributed by atoms with E-state index in [9.17, 15) is 4.79 Å². The maximum atomic E-state index is 11.9. The van der Waals surface area contributed by atoms with E-state index in [2.05, 4.69) is 4.90 Å². The minimum atomic E-state index is -0.346. The molecule has 0 saturated carbocycles. The van der Waals surface area contributed by atoms with Gasteiger partial charge in [0, 0.05) is 18.8 Å². The number of morpholine rings is 1. The Labute approximate surface area is 112 Å². The van der Waals surface area contributed by atoms with Gasteiger partial charge < -0.3 is 20.1 Å². The Hall–Kier alpha value is -1.75. The molecule has 2 atom stereocenters. The molecular formula is C14H18N2O3. The fourth-order valence-corrected chi connectivity index (χ4v) is 2.91. The summed E-state index contributed by atoms with van der Waals surface area (Å²) in [6.07, 6.45) is 2.76. The number of carbonyl (C=O) groups is 1. The third-order valence-electron chi connectivity index (χ3n) is 3.81. The Kier molecular flexibility index (Phi) is 3.06. The maximum Gasteiger partial charge on any atom is 0.340 e. The lowest BCUT2D eigenvalue weighted by atomic mass is 10.1. The second-order valence-electron chi connectivity index (χ2n) is 5.13. The fourth-order valence-electron chi connectivity index (χ4n) is 2.91. The van der Waals surface area contributed by atoms with Crippen LogP contribution in [0.3, 0.4) is 0 Å². The molecule has 3 rings (SSSR count). The molecule has 102 valence electrons. The van der Waals surface area contributed by atoms with Crippen LogP contribution >= 0.6 is 0 Å². The van der Waals surface area contributed by atoms with E-state index in [-0.39, 0.29) is 18.2 Å². The van der Waals surface area contributed by atoms with E-state index in [1.54, 1.807) is 6.07 Å². The molecule has 5 heteroatoms. The molecule has 2 bridgehead atoms. The predicted octanol–water partition coefficient (Wildman–Crippen LogP) is 1.42. The minimum Gasteiger partial charge on any atom is -0.465 e. The van der Waals surface area contributed by atoms with Crippen LogP contribution in [0.5, 0.6) is 0 Å². The highest BCUT2D eigenvalue weighted by atomic mass is 16.5. The van der Waals surface area contributed by atoms with Gasteiger partial charge in [-0.1, -0.05) is 0 Å². The molecule has 1 aromatic rings. The van der Waals surface area contributed by atoms with Crippen LogP contribution in [0.4, 0.5) is 11.4 Å². The van der Waals surface area contributed by atoms with Crippen molar-refractivity contribution in [2.24, 2.45) is 0 Å². The Morgan fingerprint density at radius 3 is 2.68 bits per heavy atom. The number of rotatable bonds is 2. The first-order valence-corrected chi connectivity index (χ1v) is 6.55. The van der Waals surface area contributed by atoms with Crippen molar-refractivity contribution in [1.29, 1.82) is 0 Å². The molecule has 0 aromatic heterocycles. The van der Waals surface area contributed by atoms with Gasteiger partial charge in [0.05, 0.1) is 30.6 Å². The number of hydrogen-bond donors (Lipinski definition) is 1. The van der Waals surface area contributed by atoms with E-state index in [4.69, 9.17) is 15.2 Å². The zero-order chi connectivity index (χ0) is 13.4. The minimum absolute atomic E-state index is 0.279. The monoisotopic (exact) mass is 262 g/mol. The number of esters is 1. The predicted molar refractivity (Wildman–Crippen MR) is 72.3 cm³/mol. The first-order valence-electron chi connectivity index (χ1n) is 6.55. The summed E-state index contributed by atoms with van der Waals surface area (Å²) in [7, 11) is 1.39. The highest BCUT2D eigenvalue weighted by molar-refractivity contribution is 5.97. The molecular weight excluding hydrogens is 244 g/mol. The summed E-state index contributed by atoms with van der Waals surface area (Å²) in [4.78, 5) is 14.1. The molecule has 2 aliphatic heterocycles. The first-order chi connectivity index (χ1) is 9.17. The number of nitrogen functional groups attached to an aromatic ring is 1. The average Bonchev–Trinajstić information content (AvgIpc) is 2.76. The summed E-state index contributed by atoms with van der Waals surface area (Å²) in [5, 5.41) is 0. The van der Waals surface area contributed by atoms with Gasteiger partial charge in [-0.2, -0.15) is 0 Å². The van der Waals surface area contributed by atoms with Crippen LogP contribution < -0.4 is 10.6 Å². The smallest absolute Gasteiger partial charge is 0.340 e. The summed E-state index contributed by atoms with van der Waals surface area (Å²) < 4.78 is 10.7. The number of methoxy groups -OCH3 is 1. The van der Waals surface area contributed by atoms with Crippen LogP contribution in [-0.4, -0.2) is 38.4 Å². The zero-order valence-corrected chi connectivity index (χ0v) is 11.0. The molecule has 0 amide bonds. The third-order valence-corrected chi connectivity index (χ3v) is 3.81. The quantitative estimate of drug-likeness (QED) is 0.645. The Morgan fingerprint density at radius 1 is 1.37 bits per heavy atom. The lowest BCUT2D eigenvalue weighted by Crippen LogP contribution is -2.43. The van der Waals surface area contributed by atoms with Gasteiger partial charge in [0.25, 0.3) is 0 Å². The third kappa shape index (κ3) is 2.26. The van der Waals surface area contributed by atoms with Crippen molar-refractivity contribution in [1.82, 2.24) is 0 Å². The van der Waals surface area contributed by atoms with Crippen molar-refractivity contribution < 1.29 is 14.3 Å². The number of ether oxygens (including phenoxy) is 2. The highest BCUT2D eigenvalue weighted by Crippen LogP contribution is 2.32. The zero-order valence-electron chi connectivity index (χ0n) is 11.0. The summed E-state index contributed by atoms with van der Waals surface area (Å²) in [6.45, 7) is 1.65. The number of benzene rings is 1. The molecule has 2 unspecified atom stereocenters. The van der Waals surface area contributed by atoms with Crippen LogP contribution in [0.15, 0.2) is 18.2 Å². The standard InChI is InChI=1S/C14H18N2O3/c1-18-14(17)12-6-9(15)2-5-13(12)16-7-10-3-4-11(8-16)19-10/h2,5-6,10-11H,3-4,7-8,15H2,1H3. The van der Waals surface area contributed by atoms with Crippen molar-refractivity contribution in [3.05, 3.63) is 23.8 Å². The maximum absolute atomic E-state index is 11.9. The van der Waals surface area contributed by atoms with Crippen molar-refractivity contribution >= 4 is 17.3 Å². The van der Waals surface area contributed by atoms with Gasteiger partial charge in [-0.3, -0.25) is 0 Å². The van der Waals surface area contributed by atoms with Gasteiger partial charge in [0.1, 0.15) is 0 Å². The lowest BCUT2D eigenvalue weighted by molar-refractivity contribution is 0.0302. The van der Waals surface area contributed by atoms with Gasteiger partial charge in [0.2, 0.25) is 0 Å². The van der Waals surface area contributed by atoms with Crippen molar-refractivity contribution in [2.45, 2.75) is 25.0 Å². The second kappa shape index (κ2) is 4.74. The van der Waals surface area contributed by atoms with Crippen molar-refractivity contribution in [3.8, 4) is 0 Å². The molecule has 0 aliphatic carbocycles. The van der Waals surface area contributed by atoms with Gasteiger partial charge >= 0.3 is 5.97 Å². The van der Waals surface area contributed by atoms with Crippen LogP contribution in [0, 0.1) is 0 Å². The van der Waals surface area contributed by atoms with E-state index in [0.29, 0.717) is 11.3 Å². The van der Waals surface area contributed by atoms with Gasteiger partial charge in [-0.05, 0) is 31.0 Å². The number of carbonyl (C=O) groups excluding carboxylic acids is 1. The first kappa shape index (κ1) is 12.3. The number of fused-ring (bicyclic) bond motifs is 2. The van der Waals surface area contributed by atoms with Crippen LogP contribution in [-0.2, 0) is 9.47 Å². The SMILES string of the molecule is COC(=O)c1cc(N)ccc1N1CC2CCC(C1)O2. The van der Waals surface area contributed by atoms with Crippen LogP contribution in [0.25, 0.3) is 0 Å². The summed E-state index contributed by atoms with van der Waals surface area (Å²) in [5.41, 5.74) is 7.76. The van der Waals surface area contributed by atoms with E-state index >= 15 is 0 Å².